The molecule has 7 nitrogen and oxygen atoms in total. The molecule has 0 fully saturated rings. The molecule has 19 heavy (non-hydrogen) atoms. The summed E-state index contributed by atoms with van der Waals surface area (Å²) in [5, 5.41) is 13.4. The molecule has 10 heteroatoms. The first-order chi connectivity index (χ1) is 8.70. The topological polar surface area (TPSA) is 101 Å². The third-order valence-corrected chi connectivity index (χ3v) is 3.60. The molecule has 0 amide bonds. The highest BCUT2D eigenvalue weighted by Gasteiger charge is 2.17. The molecule has 0 aliphatic heterocycles. The zero-order chi connectivity index (χ0) is 14.6. The van der Waals surface area contributed by atoms with E-state index in [9.17, 15) is 22.9 Å². The summed E-state index contributed by atoms with van der Waals surface area (Å²) < 4.78 is 37.3. The standard InChI is InChI=1S/C9H11FIN3O4S/c1-19(17,18)13-3-2-12-8-4-6(10)7(11)5-9(8)14(15)16/h4-5,12-13H,2-3H2,1H3. The quantitative estimate of drug-likeness (QED) is 0.323. The van der Waals surface area contributed by atoms with Gasteiger partial charge in [-0.2, -0.15) is 0 Å². The lowest BCUT2D eigenvalue weighted by molar-refractivity contribution is -0.384. The van der Waals surface area contributed by atoms with E-state index in [4.69, 9.17) is 0 Å². The molecular weight excluding hydrogens is 392 g/mol. The van der Waals surface area contributed by atoms with Gasteiger partial charge in [0, 0.05) is 25.2 Å². The average Bonchev–Trinajstić information content (AvgIpc) is 2.27. The van der Waals surface area contributed by atoms with Crippen LogP contribution in [-0.2, 0) is 10.0 Å². The number of hydrogen-bond donors (Lipinski definition) is 2. The van der Waals surface area contributed by atoms with Crippen LogP contribution in [0.15, 0.2) is 12.1 Å². The number of rotatable bonds is 6. The van der Waals surface area contributed by atoms with E-state index in [0.717, 1.165) is 18.4 Å². The second-order valence-electron chi connectivity index (χ2n) is 3.63. The molecule has 0 atom stereocenters. The first kappa shape index (κ1) is 16.0. The Labute approximate surface area is 122 Å². The molecule has 0 saturated heterocycles. The molecule has 0 aliphatic carbocycles. The lowest BCUT2D eigenvalue weighted by Crippen LogP contribution is -2.27. The van der Waals surface area contributed by atoms with E-state index in [-0.39, 0.29) is 28.0 Å². The van der Waals surface area contributed by atoms with Gasteiger partial charge in [0.25, 0.3) is 5.69 Å². The molecule has 0 saturated carbocycles. The fourth-order valence-electron chi connectivity index (χ4n) is 1.26. The minimum atomic E-state index is -3.32. The summed E-state index contributed by atoms with van der Waals surface area (Å²) in [6.07, 6.45) is 1.000. The third-order valence-electron chi connectivity index (χ3n) is 2.04. The molecule has 0 aliphatic rings. The maximum Gasteiger partial charge on any atom is 0.293 e. The van der Waals surface area contributed by atoms with Crippen LogP contribution >= 0.6 is 22.6 Å². The predicted molar refractivity (Wildman–Crippen MR) is 77.1 cm³/mol. The fraction of sp³-hybridized carbons (Fsp3) is 0.333. The zero-order valence-electron chi connectivity index (χ0n) is 9.81. The van der Waals surface area contributed by atoms with E-state index >= 15 is 0 Å². The number of nitro groups is 1. The van der Waals surface area contributed by atoms with Crippen LogP contribution in [0, 0.1) is 19.5 Å². The molecule has 1 rings (SSSR count). The van der Waals surface area contributed by atoms with E-state index in [1.165, 1.54) is 0 Å². The number of sulfonamides is 1. The summed E-state index contributed by atoms with van der Waals surface area (Å²) >= 11 is 1.66. The van der Waals surface area contributed by atoms with E-state index in [2.05, 4.69) is 10.0 Å². The van der Waals surface area contributed by atoms with Crippen LogP contribution in [0.2, 0.25) is 0 Å². The predicted octanol–water partition coefficient (Wildman–Crippen LogP) is 1.30. The molecule has 0 radical (unpaired) electrons. The van der Waals surface area contributed by atoms with Crippen molar-refractivity contribution in [3.63, 3.8) is 0 Å². The summed E-state index contributed by atoms with van der Waals surface area (Å²) in [6, 6.07) is 2.13. The molecule has 0 spiro atoms. The molecule has 106 valence electrons. The second kappa shape index (κ2) is 6.43. The van der Waals surface area contributed by atoms with E-state index in [0.29, 0.717) is 0 Å². The highest BCUT2D eigenvalue weighted by atomic mass is 127. The van der Waals surface area contributed by atoms with Crippen molar-refractivity contribution in [2.45, 2.75) is 0 Å². The summed E-state index contributed by atoms with van der Waals surface area (Å²) in [6.45, 7) is 0.150. The normalized spacial score (nSPS) is 11.3. The van der Waals surface area contributed by atoms with Gasteiger partial charge in [-0.25, -0.2) is 17.5 Å². The Morgan fingerprint density at radius 2 is 2.05 bits per heavy atom. The Bertz CT molecular complexity index is 593. The van der Waals surface area contributed by atoms with E-state index < -0.39 is 20.8 Å². The van der Waals surface area contributed by atoms with Crippen LogP contribution in [0.3, 0.4) is 0 Å². The van der Waals surface area contributed by atoms with Crippen molar-refractivity contribution in [1.82, 2.24) is 4.72 Å². The molecule has 0 bridgehead atoms. The molecule has 1 aromatic rings. The lowest BCUT2D eigenvalue weighted by atomic mass is 10.2. The maximum absolute atomic E-state index is 13.3. The van der Waals surface area contributed by atoms with Gasteiger partial charge in [0.2, 0.25) is 10.0 Å². The molecule has 2 N–H and O–H groups in total. The summed E-state index contributed by atoms with van der Waals surface area (Å²) in [7, 11) is -3.32. The average molecular weight is 403 g/mol. The van der Waals surface area contributed by atoms with Crippen molar-refractivity contribution >= 4 is 44.0 Å². The first-order valence-electron chi connectivity index (χ1n) is 5.02. The van der Waals surface area contributed by atoms with Crippen LogP contribution in [0.25, 0.3) is 0 Å². The minimum absolute atomic E-state index is 0.0122. The summed E-state index contributed by atoms with van der Waals surface area (Å²) in [5.41, 5.74) is -0.247. The molecule has 0 aromatic heterocycles. The minimum Gasteiger partial charge on any atom is -0.378 e. The first-order valence-corrected chi connectivity index (χ1v) is 7.99. The van der Waals surface area contributed by atoms with Crippen molar-refractivity contribution in [2.24, 2.45) is 0 Å². The smallest absolute Gasteiger partial charge is 0.293 e. The zero-order valence-corrected chi connectivity index (χ0v) is 12.8. The highest BCUT2D eigenvalue weighted by molar-refractivity contribution is 14.1. The maximum atomic E-state index is 13.3. The number of benzene rings is 1. The Kier molecular flexibility index (Phi) is 5.43. The van der Waals surface area contributed by atoms with Gasteiger partial charge in [-0.15, -0.1) is 0 Å². The molecular formula is C9H11FIN3O4S. The van der Waals surface area contributed by atoms with Crippen LogP contribution in [-0.4, -0.2) is 32.7 Å². The van der Waals surface area contributed by atoms with Gasteiger partial charge in [-0.3, -0.25) is 10.1 Å². The Morgan fingerprint density at radius 1 is 1.42 bits per heavy atom. The molecule has 0 heterocycles. The van der Waals surface area contributed by atoms with Crippen molar-refractivity contribution in [2.75, 3.05) is 24.7 Å². The number of halogens is 2. The Morgan fingerprint density at radius 3 is 2.58 bits per heavy atom. The highest BCUT2D eigenvalue weighted by Crippen LogP contribution is 2.28. The SMILES string of the molecule is CS(=O)(=O)NCCNc1cc(F)c(I)cc1[N+](=O)[O-]. The monoisotopic (exact) mass is 403 g/mol. The Hall–Kier alpha value is -1.01. The van der Waals surface area contributed by atoms with Crippen molar-refractivity contribution in [3.8, 4) is 0 Å². The lowest BCUT2D eigenvalue weighted by Gasteiger charge is -2.08. The van der Waals surface area contributed by atoms with Gasteiger partial charge in [-0.1, -0.05) is 0 Å². The van der Waals surface area contributed by atoms with Gasteiger partial charge >= 0.3 is 0 Å². The second-order valence-corrected chi connectivity index (χ2v) is 6.63. The number of anilines is 1. The van der Waals surface area contributed by atoms with Crippen LogP contribution in [0.1, 0.15) is 0 Å². The molecule has 0 unspecified atom stereocenters. The number of hydrogen-bond acceptors (Lipinski definition) is 5. The summed E-state index contributed by atoms with van der Waals surface area (Å²) in [4.78, 5) is 10.2. The van der Waals surface area contributed by atoms with E-state index in [1.807, 2.05) is 0 Å². The van der Waals surface area contributed by atoms with Crippen LogP contribution in [0.4, 0.5) is 15.8 Å². The van der Waals surface area contributed by atoms with Crippen LogP contribution in [0.5, 0.6) is 0 Å². The number of nitrogens with zero attached hydrogens (tertiary/aromatic N) is 1. The largest absolute Gasteiger partial charge is 0.378 e. The van der Waals surface area contributed by atoms with E-state index in [1.54, 1.807) is 22.6 Å². The van der Waals surface area contributed by atoms with Crippen molar-refractivity contribution < 1.29 is 17.7 Å². The summed E-state index contributed by atoms with van der Waals surface area (Å²) in [5.74, 6) is -0.579. The van der Waals surface area contributed by atoms with Gasteiger partial charge < -0.3 is 5.32 Å². The number of nitrogens with one attached hydrogen (secondary N) is 2. The van der Waals surface area contributed by atoms with Crippen LogP contribution < -0.4 is 10.0 Å². The number of nitro benzene ring substituents is 1. The van der Waals surface area contributed by atoms with Gasteiger partial charge in [0.1, 0.15) is 11.5 Å². The van der Waals surface area contributed by atoms with Gasteiger partial charge in [-0.05, 0) is 22.6 Å². The molecule has 1 aromatic carbocycles. The Balaban J connectivity index is 2.77. The van der Waals surface area contributed by atoms with Gasteiger partial charge in [0.15, 0.2) is 0 Å². The van der Waals surface area contributed by atoms with Crippen molar-refractivity contribution in [3.05, 3.63) is 31.6 Å². The third kappa shape index (κ3) is 5.24. The fourth-order valence-corrected chi connectivity index (χ4v) is 2.19. The van der Waals surface area contributed by atoms with Gasteiger partial charge in [0.05, 0.1) is 14.7 Å². The van der Waals surface area contributed by atoms with Crippen molar-refractivity contribution in [1.29, 1.82) is 0 Å².